The molecule has 3 heterocycles. The molecule has 2 aromatic carbocycles. The largest absolute Gasteiger partial charge is 0.383 e. The standard InChI is InChI=1S/C31H34ClF3N6O3S/c1-17(2)41-30-22(18-3-6-20(7-4-18)40-9-11-44-12-10-40)16-37-31(36)28(30)29(38-41)21-14-25(35)26(15-24(21)34)39-45(42,43)27-13-19(32)5-8-23(27)33/h5,8,13-18,20,39H,3-4,6-7,9-12H2,1-2H3,(H2,36,37). The van der Waals surface area contributed by atoms with Gasteiger partial charge in [0.05, 0.1) is 29.8 Å². The van der Waals surface area contributed by atoms with Crippen LogP contribution in [0.2, 0.25) is 5.02 Å². The van der Waals surface area contributed by atoms with Crippen LogP contribution in [0.3, 0.4) is 0 Å². The van der Waals surface area contributed by atoms with E-state index in [2.05, 4.69) is 9.88 Å². The molecule has 1 aliphatic heterocycles. The number of halogens is 4. The zero-order chi connectivity index (χ0) is 32.0. The summed E-state index contributed by atoms with van der Waals surface area (Å²) < 4.78 is 80.4. The lowest BCUT2D eigenvalue weighted by Crippen LogP contribution is -2.44. The molecular weight excluding hydrogens is 629 g/mol. The second-order valence-electron chi connectivity index (χ2n) is 11.9. The Hall–Kier alpha value is -3.39. The summed E-state index contributed by atoms with van der Waals surface area (Å²) in [5.74, 6) is -2.83. The number of sulfonamides is 1. The summed E-state index contributed by atoms with van der Waals surface area (Å²) in [5, 5.41) is 5.07. The SMILES string of the molecule is CC(C)n1nc(-c2cc(F)c(NS(=O)(=O)c3cc(Cl)ccc3F)cc2F)c2c(N)ncc(C3CCC(N4CCOCC4)CC3)c21. The van der Waals surface area contributed by atoms with Gasteiger partial charge in [0.2, 0.25) is 0 Å². The molecule has 0 atom stereocenters. The summed E-state index contributed by atoms with van der Waals surface area (Å²) >= 11 is 5.83. The van der Waals surface area contributed by atoms with Crippen molar-refractivity contribution in [2.45, 2.75) is 62.4 Å². The molecule has 2 aliphatic rings. The number of nitrogen functional groups attached to an aromatic ring is 1. The highest BCUT2D eigenvalue weighted by Gasteiger charge is 2.32. The summed E-state index contributed by atoms with van der Waals surface area (Å²) in [5.41, 5.74) is 7.25. The summed E-state index contributed by atoms with van der Waals surface area (Å²) in [6.07, 6.45) is 5.69. The molecule has 1 saturated carbocycles. The fourth-order valence-corrected chi connectivity index (χ4v) is 7.86. The Bertz CT molecular complexity index is 1860. The summed E-state index contributed by atoms with van der Waals surface area (Å²) in [7, 11) is -4.64. The molecule has 1 aliphatic carbocycles. The number of pyridine rings is 1. The van der Waals surface area contributed by atoms with Crippen LogP contribution in [0.25, 0.3) is 22.2 Å². The van der Waals surface area contributed by atoms with Crippen molar-refractivity contribution in [3.8, 4) is 11.3 Å². The number of benzene rings is 2. The molecule has 45 heavy (non-hydrogen) atoms. The van der Waals surface area contributed by atoms with E-state index in [0.717, 1.165) is 81.3 Å². The van der Waals surface area contributed by atoms with Crippen molar-refractivity contribution in [1.29, 1.82) is 0 Å². The van der Waals surface area contributed by atoms with E-state index in [1.807, 2.05) is 18.6 Å². The average Bonchev–Trinajstić information content (AvgIpc) is 3.42. The Morgan fingerprint density at radius 1 is 1.02 bits per heavy atom. The number of anilines is 2. The van der Waals surface area contributed by atoms with Gasteiger partial charge in [-0.05, 0) is 75.3 Å². The summed E-state index contributed by atoms with van der Waals surface area (Å²) in [6, 6.07) is 4.84. The molecule has 0 amide bonds. The zero-order valence-corrected chi connectivity index (χ0v) is 26.4. The molecule has 2 aromatic heterocycles. The zero-order valence-electron chi connectivity index (χ0n) is 24.9. The molecule has 0 unspecified atom stereocenters. The van der Waals surface area contributed by atoms with Crippen molar-refractivity contribution >= 4 is 44.0 Å². The van der Waals surface area contributed by atoms with E-state index in [1.165, 1.54) is 6.07 Å². The Labute approximate surface area is 264 Å². The van der Waals surface area contributed by atoms with Crippen molar-refractivity contribution < 1.29 is 26.3 Å². The molecule has 0 radical (unpaired) electrons. The maximum absolute atomic E-state index is 15.8. The minimum absolute atomic E-state index is 0.0397. The first-order valence-electron chi connectivity index (χ1n) is 14.9. The van der Waals surface area contributed by atoms with Crippen molar-refractivity contribution in [3.63, 3.8) is 0 Å². The molecule has 1 saturated heterocycles. The molecule has 3 N–H and O–H groups in total. The molecule has 4 aromatic rings. The highest BCUT2D eigenvalue weighted by atomic mass is 35.5. The van der Waals surface area contributed by atoms with E-state index < -0.39 is 38.1 Å². The van der Waals surface area contributed by atoms with Gasteiger partial charge in [0.15, 0.2) is 0 Å². The van der Waals surface area contributed by atoms with Gasteiger partial charge in [-0.2, -0.15) is 5.10 Å². The van der Waals surface area contributed by atoms with E-state index in [9.17, 15) is 12.8 Å². The molecule has 240 valence electrons. The van der Waals surface area contributed by atoms with Crippen LogP contribution in [-0.4, -0.2) is 60.4 Å². The van der Waals surface area contributed by atoms with Crippen molar-refractivity contribution in [3.05, 3.63) is 64.6 Å². The number of nitrogens with zero attached hydrogens (tertiary/aromatic N) is 4. The number of rotatable bonds is 7. The number of nitrogens with one attached hydrogen (secondary N) is 1. The molecule has 9 nitrogen and oxygen atoms in total. The number of fused-ring (bicyclic) bond motifs is 1. The predicted octanol–water partition coefficient (Wildman–Crippen LogP) is 6.49. The first-order valence-corrected chi connectivity index (χ1v) is 16.8. The van der Waals surface area contributed by atoms with Crippen LogP contribution in [0.1, 0.15) is 57.1 Å². The lowest BCUT2D eigenvalue weighted by Gasteiger charge is -2.39. The summed E-state index contributed by atoms with van der Waals surface area (Å²) in [6.45, 7) is 7.26. The lowest BCUT2D eigenvalue weighted by atomic mass is 9.81. The van der Waals surface area contributed by atoms with Gasteiger partial charge < -0.3 is 10.5 Å². The first kappa shape index (κ1) is 31.6. The number of nitrogens with two attached hydrogens (primary N) is 1. The number of hydrogen-bond acceptors (Lipinski definition) is 7. The number of hydrogen-bond donors (Lipinski definition) is 2. The monoisotopic (exact) mass is 662 g/mol. The van der Waals surface area contributed by atoms with Crippen molar-refractivity contribution in [2.24, 2.45) is 0 Å². The van der Waals surface area contributed by atoms with Gasteiger partial charge in [-0.15, -0.1) is 0 Å². The maximum atomic E-state index is 15.8. The number of ether oxygens (including phenoxy) is 1. The third-order valence-corrected chi connectivity index (χ3v) is 10.3. The van der Waals surface area contributed by atoms with Crippen LogP contribution in [0.15, 0.2) is 41.4 Å². The van der Waals surface area contributed by atoms with Crippen LogP contribution in [-0.2, 0) is 14.8 Å². The van der Waals surface area contributed by atoms with Gasteiger partial charge in [-0.1, -0.05) is 11.6 Å². The highest BCUT2D eigenvalue weighted by Crippen LogP contribution is 2.43. The topological polar surface area (TPSA) is 115 Å². The Kier molecular flexibility index (Phi) is 8.72. The summed E-state index contributed by atoms with van der Waals surface area (Å²) in [4.78, 5) is 6.16. The van der Waals surface area contributed by atoms with E-state index in [-0.39, 0.29) is 34.1 Å². The predicted molar refractivity (Wildman–Crippen MR) is 167 cm³/mol. The lowest BCUT2D eigenvalue weighted by molar-refractivity contribution is 0.00731. The quantitative estimate of drug-likeness (QED) is 0.232. The van der Waals surface area contributed by atoms with Gasteiger partial charge in [-0.25, -0.2) is 26.6 Å². The van der Waals surface area contributed by atoms with Gasteiger partial charge in [0.25, 0.3) is 10.0 Å². The van der Waals surface area contributed by atoms with Crippen molar-refractivity contribution in [2.75, 3.05) is 36.8 Å². The number of aromatic nitrogens is 3. The Morgan fingerprint density at radius 2 is 1.73 bits per heavy atom. The van der Waals surface area contributed by atoms with Crippen LogP contribution in [0.5, 0.6) is 0 Å². The molecule has 6 rings (SSSR count). The molecule has 0 spiro atoms. The third-order valence-electron chi connectivity index (χ3n) is 8.71. The normalized spacial score (nSPS) is 19.8. The fourth-order valence-electron chi connectivity index (χ4n) is 6.46. The Morgan fingerprint density at radius 3 is 2.42 bits per heavy atom. The molecular formula is C31H34ClF3N6O3S. The van der Waals surface area contributed by atoms with Crippen LogP contribution < -0.4 is 10.5 Å². The number of morpholine rings is 1. The van der Waals surface area contributed by atoms with E-state index in [1.54, 1.807) is 10.9 Å². The van der Waals surface area contributed by atoms with E-state index >= 15 is 8.78 Å². The minimum atomic E-state index is -4.64. The van der Waals surface area contributed by atoms with E-state index in [4.69, 9.17) is 27.2 Å². The van der Waals surface area contributed by atoms with Crippen LogP contribution >= 0.6 is 11.6 Å². The van der Waals surface area contributed by atoms with Crippen molar-refractivity contribution in [1.82, 2.24) is 19.7 Å². The molecule has 14 heteroatoms. The van der Waals surface area contributed by atoms with Gasteiger partial charge >= 0.3 is 0 Å². The third kappa shape index (κ3) is 6.10. The molecule has 2 fully saturated rings. The average molecular weight is 663 g/mol. The molecule has 0 bridgehead atoms. The second-order valence-corrected chi connectivity index (χ2v) is 13.9. The van der Waals surface area contributed by atoms with Crippen LogP contribution in [0.4, 0.5) is 24.7 Å². The van der Waals surface area contributed by atoms with Gasteiger partial charge in [-0.3, -0.25) is 14.3 Å². The fraction of sp³-hybridized carbons (Fsp3) is 0.419. The second kappa shape index (κ2) is 12.4. The first-order chi connectivity index (χ1) is 21.4. The minimum Gasteiger partial charge on any atom is -0.383 e. The van der Waals surface area contributed by atoms with E-state index in [0.29, 0.717) is 17.5 Å². The van der Waals surface area contributed by atoms with Gasteiger partial charge in [0, 0.05) is 48.0 Å². The highest BCUT2D eigenvalue weighted by molar-refractivity contribution is 7.92. The maximum Gasteiger partial charge on any atom is 0.264 e. The van der Waals surface area contributed by atoms with Crippen LogP contribution in [0, 0.1) is 17.5 Å². The smallest absolute Gasteiger partial charge is 0.264 e. The van der Waals surface area contributed by atoms with Gasteiger partial charge in [0.1, 0.15) is 33.9 Å². The Balaban J connectivity index is 1.36.